The van der Waals surface area contributed by atoms with Gasteiger partial charge in [-0.15, -0.1) is 0 Å². The lowest BCUT2D eigenvalue weighted by molar-refractivity contribution is -0.128. The normalized spacial score (nSPS) is 17.7. The number of hydrogen-bond donors (Lipinski definition) is 1. The highest BCUT2D eigenvalue weighted by molar-refractivity contribution is 6.30. The summed E-state index contributed by atoms with van der Waals surface area (Å²) >= 11 is 5.77. The van der Waals surface area contributed by atoms with Crippen molar-refractivity contribution in [3.8, 4) is 0 Å². The third-order valence-electron chi connectivity index (χ3n) is 3.88. The predicted octanol–water partition coefficient (Wildman–Crippen LogP) is 1.62. The van der Waals surface area contributed by atoms with Crippen molar-refractivity contribution in [2.75, 3.05) is 31.5 Å². The Morgan fingerprint density at radius 3 is 2.68 bits per heavy atom. The Bertz CT molecular complexity index is 535. The van der Waals surface area contributed by atoms with E-state index < -0.39 is 0 Å². The molecule has 0 aromatic carbocycles. The van der Waals surface area contributed by atoms with Crippen LogP contribution in [0.5, 0.6) is 0 Å². The fourth-order valence-corrected chi connectivity index (χ4v) is 2.60. The van der Waals surface area contributed by atoms with Crippen molar-refractivity contribution in [3.63, 3.8) is 0 Å². The minimum atomic E-state index is -0.274. The van der Waals surface area contributed by atoms with E-state index >= 15 is 0 Å². The van der Waals surface area contributed by atoms with Crippen LogP contribution in [-0.4, -0.2) is 58.8 Å². The number of amides is 2. The van der Waals surface area contributed by atoms with Gasteiger partial charge in [-0.3, -0.25) is 14.5 Å². The van der Waals surface area contributed by atoms with Gasteiger partial charge < -0.3 is 10.2 Å². The summed E-state index contributed by atoms with van der Waals surface area (Å²) in [5.41, 5.74) is 0. The van der Waals surface area contributed by atoms with E-state index in [2.05, 4.69) is 15.2 Å². The summed E-state index contributed by atoms with van der Waals surface area (Å²) in [5, 5.41) is 3.32. The summed E-state index contributed by atoms with van der Waals surface area (Å²) < 4.78 is 0. The van der Waals surface area contributed by atoms with E-state index in [9.17, 15) is 9.59 Å². The van der Waals surface area contributed by atoms with Crippen molar-refractivity contribution in [1.29, 1.82) is 0 Å². The number of pyridine rings is 1. The fraction of sp³-hybridized carbons (Fsp3) is 0.533. The molecule has 0 bridgehead atoms. The van der Waals surface area contributed by atoms with Crippen molar-refractivity contribution >= 4 is 29.2 Å². The van der Waals surface area contributed by atoms with E-state index in [1.54, 1.807) is 19.1 Å². The number of aromatic nitrogens is 1. The fourth-order valence-electron chi connectivity index (χ4n) is 2.49. The number of rotatable bonds is 3. The van der Waals surface area contributed by atoms with E-state index in [1.165, 1.54) is 6.20 Å². The third kappa shape index (κ3) is 4.42. The maximum Gasteiger partial charge on any atom is 0.242 e. The molecule has 1 saturated heterocycles. The molecule has 0 spiro atoms. The Hall–Kier alpha value is -1.66. The quantitative estimate of drug-likeness (QED) is 0.917. The second-order valence-corrected chi connectivity index (χ2v) is 5.86. The monoisotopic (exact) mass is 324 g/mol. The standard InChI is InChI=1S/C15H21ClN4O2/c1-11(15(22)18-14-5-4-13(16)10-17-14)19-6-3-7-20(9-8-19)12(2)21/h4-5,10-11H,3,6-9H2,1-2H3,(H,17,18,22)/t11-/m1/s1. The maximum absolute atomic E-state index is 12.3. The highest BCUT2D eigenvalue weighted by atomic mass is 35.5. The smallest absolute Gasteiger partial charge is 0.242 e. The van der Waals surface area contributed by atoms with Gasteiger partial charge in [-0.05, 0) is 25.5 Å². The molecule has 2 amide bonds. The van der Waals surface area contributed by atoms with Crippen molar-refractivity contribution in [2.24, 2.45) is 0 Å². The van der Waals surface area contributed by atoms with Gasteiger partial charge in [0.25, 0.3) is 0 Å². The number of carbonyl (C=O) groups excluding carboxylic acids is 2. The Morgan fingerprint density at radius 2 is 2.05 bits per heavy atom. The zero-order chi connectivity index (χ0) is 16.1. The Labute approximate surface area is 135 Å². The molecule has 0 saturated carbocycles. The summed E-state index contributed by atoms with van der Waals surface area (Å²) in [6, 6.07) is 3.09. The van der Waals surface area contributed by atoms with Crippen LogP contribution in [0.3, 0.4) is 0 Å². The summed E-state index contributed by atoms with van der Waals surface area (Å²) in [7, 11) is 0. The SMILES string of the molecule is CC(=O)N1CCCN([C@H](C)C(=O)Nc2ccc(Cl)cn2)CC1. The second-order valence-electron chi connectivity index (χ2n) is 5.42. The van der Waals surface area contributed by atoms with Crippen LogP contribution in [0.2, 0.25) is 5.02 Å². The first-order valence-electron chi connectivity index (χ1n) is 7.39. The molecule has 2 heterocycles. The lowest BCUT2D eigenvalue weighted by Gasteiger charge is -2.26. The zero-order valence-corrected chi connectivity index (χ0v) is 13.6. The van der Waals surface area contributed by atoms with Crippen LogP contribution in [0.15, 0.2) is 18.3 Å². The van der Waals surface area contributed by atoms with Gasteiger partial charge in [0.05, 0.1) is 11.1 Å². The molecule has 0 aliphatic carbocycles. The second kappa shape index (κ2) is 7.56. The number of anilines is 1. The van der Waals surface area contributed by atoms with E-state index in [1.807, 2.05) is 11.8 Å². The Kier molecular flexibility index (Phi) is 5.74. The Balaban J connectivity index is 1.92. The minimum absolute atomic E-state index is 0.0873. The van der Waals surface area contributed by atoms with E-state index in [-0.39, 0.29) is 17.9 Å². The molecule has 22 heavy (non-hydrogen) atoms. The van der Waals surface area contributed by atoms with Gasteiger partial charge in [0.1, 0.15) is 5.82 Å². The molecule has 6 nitrogen and oxygen atoms in total. The summed E-state index contributed by atoms with van der Waals surface area (Å²) in [4.78, 5) is 31.7. The van der Waals surface area contributed by atoms with Crippen LogP contribution in [0.4, 0.5) is 5.82 Å². The number of halogens is 1. The maximum atomic E-state index is 12.3. The van der Waals surface area contributed by atoms with Crippen molar-refractivity contribution in [2.45, 2.75) is 26.3 Å². The van der Waals surface area contributed by atoms with Crippen LogP contribution in [0, 0.1) is 0 Å². The lowest BCUT2D eigenvalue weighted by atomic mass is 10.2. The molecule has 1 atom stereocenters. The van der Waals surface area contributed by atoms with Gasteiger partial charge in [-0.2, -0.15) is 0 Å². The molecule has 1 fully saturated rings. The molecule has 2 rings (SSSR count). The minimum Gasteiger partial charge on any atom is -0.342 e. The number of hydrogen-bond acceptors (Lipinski definition) is 4. The van der Waals surface area contributed by atoms with Crippen LogP contribution >= 0.6 is 11.6 Å². The Morgan fingerprint density at radius 1 is 1.27 bits per heavy atom. The molecule has 0 radical (unpaired) electrons. The van der Waals surface area contributed by atoms with Gasteiger partial charge in [0.15, 0.2) is 0 Å². The molecule has 120 valence electrons. The first-order valence-corrected chi connectivity index (χ1v) is 7.77. The first-order chi connectivity index (χ1) is 10.5. The number of nitrogens with one attached hydrogen (secondary N) is 1. The van der Waals surface area contributed by atoms with Gasteiger partial charge in [-0.25, -0.2) is 4.98 Å². The molecule has 1 aromatic rings. The van der Waals surface area contributed by atoms with Crippen molar-refractivity contribution < 1.29 is 9.59 Å². The van der Waals surface area contributed by atoms with Gasteiger partial charge >= 0.3 is 0 Å². The highest BCUT2D eigenvalue weighted by Gasteiger charge is 2.24. The number of nitrogens with zero attached hydrogens (tertiary/aromatic N) is 3. The summed E-state index contributed by atoms with van der Waals surface area (Å²) in [6.45, 7) is 6.35. The molecular weight excluding hydrogens is 304 g/mol. The molecule has 7 heteroatoms. The van der Waals surface area contributed by atoms with Crippen molar-refractivity contribution in [1.82, 2.24) is 14.8 Å². The van der Waals surface area contributed by atoms with Crippen LogP contribution in [0.25, 0.3) is 0 Å². The molecular formula is C15H21ClN4O2. The summed E-state index contributed by atoms with van der Waals surface area (Å²) in [6.07, 6.45) is 2.37. The summed E-state index contributed by atoms with van der Waals surface area (Å²) in [5.74, 6) is 0.469. The van der Waals surface area contributed by atoms with Gasteiger partial charge in [0, 0.05) is 39.3 Å². The average molecular weight is 325 g/mol. The van der Waals surface area contributed by atoms with Gasteiger partial charge in [-0.1, -0.05) is 11.6 Å². The largest absolute Gasteiger partial charge is 0.342 e. The zero-order valence-electron chi connectivity index (χ0n) is 12.9. The van der Waals surface area contributed by atoms with E-state index in [4.69, 9.17) is 11.6 Å². The van der Waals surface area contributed by atoms with E-state index in [0.29, 0.717) is 23.9 Å². The van der Waals surface area contributed by atoms with Crippen LogP contribution < -0.4 is 5.32 Å². The first kappa shape index (κ1) is 16.7. The van der Waals surface area contributed by atoms with Crippen LogP contribution in [0.1, 0.15) is 20.3 Å². The third-order valence-corrected chi connectivity index (χ3v) is 4.11. The highest BCUT2D eigenvalue weighted by Crippen LogP contribution is 2.12. The molecule has 1 N–H and O–H groups in total. The topological polar surface area (TPSA) is 65.5 Å². The van der Waals surface area contributed by atoms with E-state index in [0.717, 1.165) is 19.5 Å². The molecule has 1 aliphatic heterocycles. The van der Waals surface area contributed by atoms with Crippen LogP contribution in [-0.2, 0) is 9.59 Å². The predicted molar refractivity (Wildman–Crippen MR) is 85.8 cm³/mol. The van der Waals surface area contributed by atoms with Crippen molar-refractivity contribution in [3.05, 3.63) is 23.4 Å². The number of carbonyl (C=O) groups is 2. The van der Waals surface area contributed by atoms with Gasteiger partial charge in [0.2, 0.25) is 11.8 Å². The lowest BCUT2D eigenvalue weighted by Crippen LogP contribution is -2.44. The molecule has 1 aliphatic rings. The average Bonchev–Trinajstić information content (AvgIpc) is 2.74. The molecule has 0 unspecified atom stereocenters. The molecule has 1 aromatic heterocycles.